The predicted molar refractivity (Wildman–Crippen MR) is 132 cm³/mol. The van der Waals surface area contributed by atoms with Gasteiger partial charge in [-0.05, 0) is 44.2 Å². The Kier molecular flexibility index (Phi) is 10.8. The number of urea groups is 1. The number of carbonyl (C=O) groups excluding carboxylic acids is 2. The van der Waals surface area contributed by atoms with E-state index in [-0.39, 0.29) is 16.8 Å². The molecule has 1 heterocycles. The summed E-state index contributed by atoms with van der Waals surface area (Å²) in [6.07, 6.45) is -10.8. The highest BCUT2D eigenvalue weighted by Gasteiger charge is 2.95. The highest BCUT2D eigenvalue weighted by molar-refractivity contribution is 5.99. The number of aromatic nitrogens is 1. The Morgan fingerprint density at radius 1 is 0.640 bits per heavy atom. The van der Waals surface area contributed by atoms with Gasteiger partial charge >= 0.3 is 59.6 Å². The molecule has 0 aliphatic carbocycles. The van der Waals surface area contributed by atoms with E-state index in [4.69, 9.17) is 0 Å². The number of rotatable bonds is 12. The van der Waals surface area contributed by atoms with Crippen molar-refractivity contribution in [3.05, 3.63) is 52.8 Å². The molecule has 2 aromatic rings. The van der Waals surface area contributed by atoms with Crippen molar-refractivity contribution in [2.24, 2.45) is 0 Å². The van der Waals surface area contributed by atoms with Gasteiger partial charge in [0.25, 0.3) is 5.91 Å². The van der Waals surface area contributed by atoms with Gasteiger partial charge in [-0.2, -0.15) is 74.6 Å². The van der Waals surface area contributed by atoms with Crippen LogP contribution >= 0.6 is 0 Å². The molecule has 50 heavy (non-hydrogen) atoms. The van der Waals surface area contributed by atoms with Gasteiger partial charge in [0.1, 0.15) is 0 Å². The first kappa shape index (κ1) is 41.7. The molecule has 0 aliphatic heterocycles. The van der Waals surface area contributed by atoms with Crippen molar-refractivity contribution < 1.29 is 94.1 Å². The fraction of sp³-hybridized carbons (Fsp3) is 0.480. The Morgan fingerprint density at radius 3 is 1.52 bits per heavy atom. The zero-order valence-corrected chi connectivity index (χ0v) is 24.3. The number of hydrogen-bond acceptors (Lipinski definition) is 3. The van der Waals surface area contributed by atoms with Crippen molar-refractivity contribution in [3.63, 3.8) is 0 Å². The lowest BCUT2D eigenvalue weighted by molar-refractivity contribution is -0.461. The van der Waals surface area contributed by atoms with Gasteiger partial charge in [0.2, 0.25) is 0 Å². The Labute approximate surface area is 266 Å². The standard InChI is InChI=1S/C25H19F17N4O4/c1-10-3-4-11(2)46(10)14-9-12(5-6-13(14)16(48)49)15(47)44-45-17(50)43-8-7-18(26,27)19(28,29)20(30,31)21(32,33)22(34,35)23(36,37)24(38,39)25(40,41)42/h3-6,9H,7-8H2,1-2H3,(H,44,47)(H,48,49)(H2,43,45,50). The quantitative estimate of drug-likeness (QED) is 0.136. The number of nitrogens with zero attached hydrogens (tertiary/aromatic N) is 1. The number of halogens is 17. The minimum Gasteiger partial charge on any atom is -0.478 e. The summed E-state index contributed by atoms with van der Waals surface area (Å²) < 4.78 is 229. The molecule has 0 radical (unpaired) electrons. The normalized spacial score (nSPS) is 14.0. The van der Waals surface area contributed by atoms with Gasteiger partial charge < -0.3 is 15.0 Å². The lowest BCUT2D eigenvalue weighted by Gasteiger charge is -2.42. The molecule has 0 spiro atoms. The van der Waals surface area contributed by atoms with Gasteiger partial charge in [-0.1, -0.05) is 0 Å². The smallest absolute Gasteiger partial charge is 0.460 e. The van der Waals surface area contributed by atoms with Crippen molar-refractivity contribution in [1.29, 1.82) is 0 Å². The number of carboxylic acid groups (broad SMARTS) is 1. The van der Waals surface area contributed by atoms with E-state index < -0.39 is 78.5 Å². The average Bonchev–Trinajstić information content (AvgIpc) is 3.31. The van der Waals surface area contributed by atoms with Crippen LogP contribution in [0.15, 0.2) is 30.3 Å². The zero-order chi connectivity index (χ0) is 39.3. The molecule has 0 unspecified atom stereocenters. The predicted octanol–water partition coefficient (Wildman–Crippen LogP) is 7.14. The van der Waals surface area contributed by atoms with Crippen LogP contribution in [0.25, 0.3) is 5.69 Å². The summed E-state index contributed by atoms with van der Waals surface area (Å²) >= 11 is 0. The number of nitrogens with one attached hydrogen (secondary N) is 3. The molecule has 282 valence electrons. The van der Waals surface area contributed by atoms with E-state index in [1.165, 1.54) is 15.3 Å². The van der Waals surface area contributed by atoms with Gasteiger partial charge in [0, 0.05) is 29.9 Å². The van der Waals surface area contributed by atoms with Crippen LogP contribution in [0.1, 0.15) is 38.5 Å². The van der Waals surface area contributed by atoms with E-state index in [2.05, 4.69) is 0 Å². The van der Waals surface area contributed by atoms with E-state index >= 15 is 0 Å². The Balaban J connectivity index is 2.18. The number of hydrazine groups is 1. The van der Waals surface area contributed by atoms with E-state index in [9.17, 15) is 94.1 Å². The van der Waals surface area contributed by atoms with Crippen molar-refractivity contribution in [1.82, 2.24) is 20.7 Å². The average molecular weight is 762 g/mol. The summed E-state index contributed by atoms with van der Waals surface area (Å²) in [4.78, 5) is 35.9. The summed E-state index contributed by atoms with van der Waals surface area (Å²) in [5.74, 6) is -60.2. The molecule has 25 heteroatoms. The van der Waals surface area contributed by atoms with E-state index in [1.54, 1.807) is 31.4 Å². The van der Waals surface area contributed by atoms with Crippen LogP contribution in [0, 0.1) is 13.8 Å². The molecule has 8 nitrogen and oxygen atoms in total. The zero-order valence-electron chi connectivity index (χ0n) is 24.3. The molecule has 0 fully saturated rings. The molecular weight excluding hydrogens is 743 g/mol. The Morgan fingerprint density at radius 2 is 1.08 bits per heavy atom. The summed E-state index contributed by atoms with van der Waals surface area (Å²) in [7, 11) is 0. The monoisotopic (exact) mass is 762 g/mol. The van der Waals surface area contributed by atoms with Gasteiger partial charge in [-0.3, -0.25) is 10.2 Å². The number of alkyl halides is 17. The highest BCUT2D eigenvalue weighted by Crippen LogP contribution is 2.64. The molecular formula is C25H19F17N4O4. The molecule has 2 rings (SSSR count). The minimum absolute atomic E-state index is 0.0595. The van der Waals surface area contributed by atoms with Crippen molar-refractivity contribution in [3.8, 4) is 5.69 Å². The van der Waals surface area contributed by atoms with Crippen LogP contribution in [0.5, 0.6) is 0 Å². The van der Waals surface area contributed by atoms with Crippen LogP contribution in [-0.4, -0.2) is 81.8 Å². The first-order valence-corrected chi connectivity index (χ1v) is 12.8. The molecule has 3 amide bonds. The third-order valence-corrected chi connectivity index (χ3v) is 6.80. The third-order valence-electron chi connectivity index (χ3n) is 6.80. The van der Waals surface area contributed by atoms with E-state index in [0.29, 0.717) is 11.4 Å². The summed E-state index contributed by atoms with van der Waals surface area (Å²) in [6, 6.07) is 4.23. The molecule has 1 aromatic carbocycles. The summed E-state index contributed by atoms with van der Waals surface area (Å²) in [5, 5.41) is 10.7. The molecule has 0 aliphatic rings. The maximum Gasteiger partial charge on any atom is 0.460 e. The number of aromatic carboxylic acids is 1. The number of amides is 3. The lowest BCUT2D eigenvalue weighted by atomic mass is 9.88. The number of aryl methyl sites for hydroxylation is 2. The largest absolute Gasteiger partial charge is 0.478 e. The second-order valence-corrected chi connectivity index (χ2v) is 10.2. The summed E-state index contributed by atoms with van der Waals surface area (Å²) in [6.45, 7) is 1.14. The van der Waals surface area contributed by atoms with Gasteiger partial charge in [-0.15, -0.1) is 0 Å². The van der Waals surface area contributed by atoms with Crippen molar-refractivity contribution >= 4 is 17.9 Å². The van der Waals surface area contributed by atoms with Crippen molar-refractivity contribution in [2.75, 3.05) is 6.54 Å². The molecule has 4 N–H and O–H groups in total. The second kappa shape index (κ2) is 13.0. The van der Waals surface area contributed by atoms with Crippen molar-refractivity contribution in [2.45, 2.75) is 67.9 Å². The second-order valence-electron chi connectivity index (χ2n) is 10.2. The van der Waals surface area contributed by atoms with Crippen LogP contribution < -0.4 is 16.2 Å². The number of benzene rings is 1. The first-order valence-electron chi connectivity index (χ1n) is 12.8. The number of carboxylic acids is 1. The van der Waals surface area contributed by atoms with Crippen LogP contribution in [0.3, 0.4) is 0 Å². The van der Waals surface area contributed by atoms with E-state index in [0.717, 1.165) is 18.2 Å². The fourth-order valence-electron chi connectivity index (χ4n) is 4.00. The Bertz CT molecular complexity index is 1600. The van der Waals surface area contributed by atoms with Gasteiger partial charge in [-0.25, -0.2) is 15.0 Å². The molecule has 1 aromatic heterocycles. The fourth-order valence-corrected chi connectivity index (χ4v) is 4.00. The van der Waals surface area contributed by atoms with Crippen LogP contribution in [0.2, 0.25) is 0 Å². The lowest BCUT2D eigenvalue weighted by Crippen LogP contribution is -2.74. The first-order chi connectivity index (χ1) is 22.2. The number of hydrogen-bond donors (Lipinski definition) is 4. The van der Waals surface area contributed by atoms with Gasteiger partial charge in [0.15, 0.2) is 0 Å². The van der Waals surface area contributed by atoms with Gasteiger partial charge in [0.05, 0.1) is 11.3 Å². The topological polar surface area (TPSA) is 112 Å². The maximum absolute atomic E-state index is 14.0. The molecule has 0 bridgehead atoms. The van der Waals surface area contributed by atoms with E-state index in [1.807, 2.05) is 0 Å². The van der Waals surface area contributed by atoms with Crippen LogP contribution in [0.4, 0.5) is 79.4 Å². The summed E-state index contributed by atoms with van der Waals surface area (Å²) in [5.41, 5.74) is 3.29. The minimum atomic E-state index is -8.76. The third kappa shape index (κ3) is 6.68. The molecule has 0 atom stereocenters. The number of carbonyl (C=O) groups is 3. The molecule has 0 saturated carbocycles. The molecule has 0 saturated heterocycles. The SMILES string of the molecule is Cc1ccc(C)n1-c1cc(C(=O)NNC(=O)NCCC(F)(F)C(F)(F)C(F)(F)C(F)(F)C(F)(F)C(F)(F)C(F)(F)C(F)(F)F)ccc1C(=O)O. The maximum atomic E-state index is 14.0. The highest BCUT2D eigenvalue weighted by atomic mass is 19.4. The van der Waals surface area contributed by atoms with Crippen LogP contribution in [-0.2, 0) is 0 Å². The Hall–Kier alpha value is -4.48.